The molecule has 1 aromatic heterocycles. The Morgan fingerprint density at radius 3 is 2.87 bits per heavy atom. The van der Waals surface area contributed by atoms with Crippen molar-refractivity contribution in [3.63, 3.8) is 0 Å². The molecular weight excluding hydrogens is 188 g/mol. The number of rotatable bonds is 5. The molecule has 0 aliphatic rings. The molecule has 84 valence electrons. The van der Waals surface area contributed by atoms with Gasteiger partial charge in [0.05, 0.1) is 5.69 Å². The molecule has 0 spiro atoms. The van der Waals surface area contributed by atoms with Crippen LogP contribution in [0.2, 0.25) is 0 Å². The molecule has 0 unspecified atom stereocenters. The van der Waals surface area contributed by atoms with Gasteiger partial charge in [0.25, 0.3) is 0 Å². The lowest BCUT2D eigenvalue weighted by atomic mass is 10.3. The highest BCUT2D eigenvalue weighted by Crippen LogP contribution is 2.12. The van der Waals surface area contributed by atoms with Crippen LogP contribution in [0, 0.1) is 0 Å². The molecule has 0 amide bonds. The lowest BCUT2D eigenvalue weighted by Crippen LogP contribution is -2.31. The van der Waals surface area contributed by atoms with Gasteiger partial charge in [-0.25, -0.2) is 4.98 Å². The number of aromatic nitrogens is 1. The molecule has 0 bridgehead atoms. The third-order valence-electron chi connectivity index (χ3n) is 2.48. The second kappa shape index (κ2) is 5.56. The molecule has 0 fully saturated rings. The molecule has 4 nitrogen and oxygen atoms in total. The first kappa shape index (κ1) is 11.8. The van der Waals surface area contributed by atoms with Crippen molar-refractivity contribution in [1.82, 2.24) is 9.88 Å². The van der Waals surface area contributed by atoms with Gasteiger partial charge in [-0.3, -0.25) is 0 Å². The molecule has 0 aliphatic heterocycles. The summed E-state index contributed by atoms with van der Waals surface area (Å²) in [6, 6.07) is 4.25. The highest BCUT2D eigenvalue weighted by molar-refractivity contribution is 5.60. The van der Waals surface area contributed by atoms with Gasteiger partial charge < -0.3 is 16.0 Å². The Bertz CT molecular complexity index is 298. The molecule has 15 heavy (non-hydrogen) atoms. The van der Waals surface area contributed by atoms with Gasteiger partial charge in [-0.1, -0.05) is 0 Å². The van der Waals surface area contributed by atoms with Crippen LogP contribution < -0.4 is 11.1 Å². The van der Waals surface area contributed by atoms with Crippen molar-refractivity contribution in [3.05, 3.63) is 18.3 Å². The van der Waals surface area contributed by atoms with E-state index >= 15 is 0 Å². The number of nitrogens with two attached hydrogens (primary N) is 1. The lowest BCUT2D eigenvalue weighted by Gasteiger charge is -2.21. The summed E-state index contributed by atoms with van der Waals surface area (Å²) in [6.07, 6.45) is 1.74. The van der Waals surface area contributed by atoms with Crippen LogP contribution in [-0.2, 0) is 0 Å². The van der Waals surface area contributed by atoms with Crippen molar-refractivity contribution in [2.24, 2.45) is 0 Å². The lowest BCUT2D eigenvalue weighted by molar-refractivity contribution is 0.284. The minimum absolute atomic E-state index is 0.563. The number of pyridine rings is 1. The van der Waals surface area contributed by atoms with Crippen LogP contribution in [0.5, 0.6) is 0 Å². The number of anilines is 2. The molecule has 0 radical (unpaired) electrons. The number of likely N-dealkylation sites (N-methyl/N-ethyl adjacent to an activating group) is 1. The monoisotopic (exact) mass is 208 g/mol. The first-order chi connectivity index (χ1) is 7.11. The van der Waals surface area contributed by atoms with E-state index in [0.717, 1.165) is 18.9 Å². The van der Waals surface area contributed by atoms with Gasteiger partial charge in [-0.05, 0) is 33.0 Å². The summed E-state index contributed by atoms with van der Waals surface area (Å²) in [7, 11) is 2.11. The van der Waals surface area contributed by atoms with Gasteiger partial charge >= 0.3 is 0 Å². The van der Waals surface area contributed by atoms with Gasteiger partial charge in [-0.2, -0.15) is 0 Å². The molecule has 0 saturated carbocycles. The Hall–Kier alpha value is -1.29. The summed E-state index contributed by atoms with van der Waals surface area (Å²) in [5.41, 5.74) is 6.46. The number of nitrogen functional groups attached to an aromatic ring is 1. The molecule has 0 aromatic carbocycles. The van der Waals surface area contributed by atoms with E-state index in [1.165, 1.54) is 0 Å². The molecule has 4 heteroatoms. The number of hydrogen-bond donors (Lipinski definition) is 2. The fourth-order valence-electron chi connectivity index (χ4n) is 1.17. The van der Waals surface area contributed by atoms with Crippen LogP contribution in [-0.4, -0.2) is 36.1 Å². The normalized spacial score (nSPS) is 11.0. The summed E-state index contributed by atoms with van der Waals surface area (Å²) in [5.74, 6) is 0.773. The van der Waals surface area contributed by atoms with Gasteiger partial charge in [0, 0.05) is 25.3 Å². The molecule has 1 heterocycles. The Balaban J connectivity index is 2.35. The van der Waals surface area contributed by atoms with Crippen LogP contribution in [0.25, 0.3) is 0 Å². The summed E-state index contributed by atoms with van der Waals surface area (Å²) in [6.45, 7) is 6.19. The number of nitrogens with zero attached hydrogens (tertiary/aromatic N) is 2. The first-order valence-corrected chi connectivity index (χ1v) is 5.26. The van der Waals surface area contributed by atoms with E-state index < -0.39 is 0 Å². The number of nitrogens with one attached hydrogen (secondary N) is 1. The van der Waals surface area contributed by atoms with Crippen molar-refractivity contribution in [3.8, 4) is 0 Å². The minimum Gasteiger partial charge on any atom is -0.396 e. The Morgan fingerprint density at radius 2 is 2.27 bits per heavy atom. The van der Waals surface area contributed by atoms with Crippen LogP contribution >= 0.6 is 0 Å². The van der Waals surface area contributed by atoms with Crippen molar-refractivity contribution in [1.29, 1.82) is 0 Å². The van der Waals surface area contributed by atoms with E-state index in [-0.39, 0.29) is 0 Å². The topological polar surface area (TPSA) is 54.2 Å². The van der Waals surface area contributed by atoms with E-state index in [1.807, 2.05) is 12.1 Å². The maximum Gasteiger partial charge on any atom is 0.149 e. The van der Waals surface area contributed by atoms with Crippen molar-refractivity contribution < 1.29 is 0 Å². The van der Waals surface area contributed by atoms with Crippen molar-refractivity contribution in [2.45, 2.75) is 19.9 Å². The highest BCUT2D eigenvalue weighted by Gasteiger charge is 2.03. The van der Waals surface area contributed by atoms with Crippen LogP contribution in [0.15, 0.2) is 18.3 Å². The van der Waals surface area contributed by atoms with E-state index in [0.29, 0.717) is 11.7 Å². The average molecular weight is 208 g/mol. The predicted octanol–water partition coefficient (Wildman–Crippen LogP) is 1.42. The maximum atomic E-state index is 5.76. The zero-order valence-corrected chi connectivity index (χ0v) is 9.70. The summed E-state index contributed by atoms with van der Waals surface area (Å²) >= 11 is 0. The Kier molecular flexibility index (Phi) is 4.37. The predicted molar refractivity (Wildman–Crippen MR) is 64.9 cm³/mol. The molecule has 1 rings (SSSR count). The van der Waals surface area contributed by atoms with Crippen LogP contribution in [0.4, 0.5) is 11.5 Å². The second-order valence-electron chi connectivity index (χ2n) is 3.94. The smallest absolute Gasteiger partial charge is 0.149 e. The summed E-state index contributed by atoms with van der Waals surface area (Å²) < 4.78 is 0. The minimum atomic E-state index is 0.563. The van der Waals surface area contributed by atoms with Gasteiger partial charge in [-0.15, -0.1) is 0 Å². The molecule has 0 atom stereocenters. The van der Waals surface area contributed by atoms with Gasteiger partial charge in [0.2, 0.25) is 0 Å². The van der Waals surface area contributed by atoms with E-state index in [1.54, 1.807) is 6.20 Å². The SMILES string of the molecule is CC(C)N(C)CCNc1ncccc1N. The first-order valence-electron chi connectivity index (χ1n) is 5.26. The molecule has 3 N–H and O–H groups in total. The van der Waals surface area contributed by atoms with Gasteiger partial charge in [0.1, 0.15) is 5.82 Å². The Morgan fingerprint density at radius 1 is 1.53 bits per heavy atom. The van der Waals surface area contributed by atoms with E-state index in [9.17, 15) is 0 Å². The molecule has 1 aromatic rings. The Labute approximate surface area is 91.5 Å². The van der Waals surface area contributed by atoms with Crippen LogP contribution in [0.1, 0.15) is 13.8 Å². The number of hydrogen-bond acceptors (Lipinski definition) is 4. The van der Waals surface area contributed by atoms with Crippen LogP contribution in [0.3, 0.4) is 0 Å². The maximum absolute atomic E-state index is 5.76. The average Bonchev–Trinajstić information content (AvgIpc) is 2.20. The molecule has 0 saturated heterocycles. The fraction of sp³-hybridized carbons (Fsp3) is 0.545. The standard InChI is InChI=1S/C11H20N4/c1-9(2)15(3)8-7-14-11-10(12)5-4-6-13-11/h4-6,9H,7-8,12H2,1-3H3,(H,13,14). The third kappa shape index (κ3) is 3.75. The fourth-order valence-corrected chi connectivity index (χ4v) is 1.17. The van der Waals surface area contributed by atoms with Crippen molar-refractivity contribution >= 4 is 11.5 Å². The van der Waals surface area contributed by atoms with E-state index in [2.05, 4.69) is 36.1 Å². The quantitative estimate of drug-likeness (QED) is 0.768. The zero-order chi connectivity index (χ0) is 11.3. The van der Waals surface area contributed by atoms with Crippen molar-refractivity contribution in [2.75, 3.05) is 31.2 Å². The second-order valence-corrected chi connectivity index (χ2v) is 3.94. The summed E-state index contributed by atoms with van der Waals surface area (Å²) in [4.78, 5) is 6.44. The summed E-state index contributed by atoms with van der Waals surface area (Å²) in [5, 5.41) is 3.22. The largest absolute Gasteiger partial charge is 0.396 e. The third-order valence-corrected chi connectivity index (χ3v) is 2.48. The van der Waals surface area contributed by atoms with E-state index in [4.69, 9.17) is 5.73 Å². The molecular formula is C11H20N4. The van der Waals surface area contributed by atoms with Gasteiger partial charge in [0.15, 0.2) is 0 Å². The zero-order valence-electron chi connectivity index (χ0n) is 9.70. The molecule has 0 aliphatic carbocycles. The highest BCUT2D eigenvalue weighted by atomic mass is 15.1.